The Labute approximate surface area is 114 Å². The minimum absolute atomic E-state index is 0.732. The molecule has 0 aromatic carbocycles. The summed E-state index contributed by atoms with van der Waals surface area (Å²) < 4.78 is 0. The highest BCUT2D eigenvalue weighted by atomic mass is 15.2. The Morgan fingerprint density at radius 3 is 2.67 bits per heavy atom. The molecule has 18 heavy (non-hydrogen) atoms. The predicted molar refractivity (Wildman–Crippen MR) is 78.9 cm³/mol. The van der Waals surface area contributed by atoms with Gasteiger partial charge in [-0.25, -0.2) is 0 Å². The molecule has 1 saturated carbocycles. The molecule has 2 nitrogen and oxygen atoms in total. The number of nitrogens with one attached hydrogen (secondary N) is 1. The van der Waals surface area contributed by atoms with E-state index in [9.17, 15) is 0 Å². The molecule has 0 spiro atoms. The molecule has 0 amide bonds. The maximum absolute atomic E-state index is 3.75. The second kappa shape index (κ2) is 6.91. The Morgan fingerprint density at radius 1 is 1.28 bits per heavy atom. The van der Waals surface area contributed by atoms with E-state index in [1.54, 1.807) is 0 Å². The zero-order valence-electron chi connectivity index (χ0n) is 12.6. The first kappa shape index (κ1) is 14.3. The maximum Gasteiger partial charge on any atom is 0.0224 e. The van der Waals surface area contributed by atoms with Gasteiger partial charge in [0.05, 0.1) is 0 Å². The average Bonchev–Trinajstić information content (AvgIpc) is 3.21. The van der Waals surface area contributed by atoms with Gasteiger partial charge in [-0.3, -0.25) is 4.90 Å². The molecule has 1 aliphatic carbocycles. The topological polar surface area (TPSA) is 15.3 Å². The number of hydrogen-bond donors (Lipinski definition) is 1. The summed E-state index contributed by atoms with van der Waals surface area (Å²) in [6.45, 7) is 10.9. The van der Waals surface area contributed by atoms with Crippen LogP contribution in [0.3, 0.4) is 0 Å². The summed E-state index contributed by atoms with van der Waals surface area (Å²) in [7, 11) is 0. The van der Waals surface area contributed by atoms with Crippen molar-refractivity contribution in [1.29, 1.82) is 0 Å². The number of hydrogen-bond acceptors (Lipinski definition) is 2. The fourth-order valence-corrected chi connectivity index (χ4v) is 3.27. The van der Waals surface area contributed by atoms with Crippen LogP contribution in [0.5, 0.6) is 0 Å². The SMILES string of the molecule is CCCCC(CC)CN1CC(C2CC2)NCC1C. The average molecular weight is 252 g/mol. The number of piperazine rings is 1. The third-order valence-electron chi connectivity index (χ3n) is 4.96. The van der Waals surface area contributed by atoms with E-state index in [1.165, 1.54) is 58.2 Å². The summed E-state index contributed by atoms with van der Waals surface area (Å²) >= 11 is 0. The Bertz CT molecular complexity index is 237. The van der Waals surface area contributed by atoms with Gasteiger partial charge in [-0.15, -0.1) is 0 Å². The highest BCUT2D eigenvalue weighted by Gasteiger charge is 2.36. The van der Waals surface area contributed by atoms with Gasteiger partial charge in [0.25, 0.3) is 0 Å². The number of rotatable bonds is 7. The Kier molecular flexibility index (Phi) is 5.50. The molecular formula is C16H32N2. The first-order chi connectivity index (χ1) is 8.74. The van der Waals surface area contributed by atoms with E-state index in [2.05, 4.69) is 31.0 Å². The fraction of sp³-hybridized carbons (Fsp3) is 1.00. The van der Waals surface area contributed by atoms with Gasteiger partial charge in [0.2, 0.25) is 0 Å². The number of unbranched alkanes of at least 4 members (excludes halogenated alkanes) is 1. The lowest BCUT2D eigenvalue weighted by Crippen LogP contribution is -2.57. The van der Waals surface area contributed by atoms with E-state index in [1.807, 2.05) is 0 Å². The van der Waals surface area contributed by atoms with Crippen molar-refractivity contribution in [2.45, 2.75) is 71.4 Å². The van der Waals surface area contributed by atoms with Crippen LogP contribution in [0.4, 0.5) is 0 Å². The van der Waals surface area contributed by atoms with Crippen LogP contribution < -0.4 is 5.32 Å². The molecule has 0 aromatic heterocycles. The zero-order chi connectivity index (χ0) is 13.0. The first-order valence-corrected chi connectivity index (χ1v) is 8.22. The summed E-state index contributed by atoms with van der Waals surface area (Å²) in [5.41, 5.74) is 0. The summed E-state index contributed by atoms with van der Waals surface area (Å²) in [6, 6.07) is 1.53. The standard InChI is InChI=1S/C16H32N2/c1-4-6-7-14(5-2)11-18-12-16(15-8-9-15)17-10-13(18)3/h13-17H,4-12H2,1-3H3. The second-order valence-electron chi connectivity index (χ2n) is 6.57. The summed E-state index contributed by atoms with van der Waals surface area (Å²) in [6.07, 6.45) is 8.46. The first-order valence-electron chi connectivity index (χ1n) is 8.22. The molecule has 2 aliphatic rings. The molecule has 3 unspecified atom stereocenters. The van der Waals surface area contributed by atoms with Crippen molar-refractivity contribution < 1.29 is 0 Å². The lowest BCUT2D eigenvalue weighted by Gasteiger charge is -2.40. The zero-order valence-corrected chi connectivity index (χ0v) is 12.6. The van der Waals surface area contributed by atoms with Crippen LogP contribution in [0.2, 0.25) is 0 Å². The Hall–Kier alpha value is -0.0800. The maximum atomic E-state index is 3.75. The largest absolute Gasteiger partial charge is 0.311 e. The predicted octanol–water partition coefficient (Wildman–Crippen LogP) is 3.28. The van der Waals surface area contributed by atoms with Crippen molar-refractivity contribution in [3.8, 4) is 0 Å². The highest BCUT2D eigenvalue weighted by molar-refractivity contribution is 4.93. The molecule has 0 bridgehead atoms. The van der Waals surface area contributed by atoms with Gasteiger partial charge >= 0.3 is 0 Å². The molecule has 0 radical (unpaired) electrons. The van der Waals surface area contributed by atoms with E-state index >= 15 is 0 Å². The normalized spacial score (nSPS) is 31.5. The summed E-state index contributed by atoms with van der Waals surface area (Å²) in [5.74, 6) is 1.92. The van der Waals surface area contributed by atoms with Crippen molar-refractivity contribution >= 4 is 0 Å². The minimum atomic E-state index is 0.732. The van der Waals surface area contributed by atoms with Crippen LogP contribution in [0, 0.1) is 11.8 Å². The Balaban J connectivity index is 1.80. The smallest absolute Gasteiger partial charge is 0.0224 e. The third kappa shape index (κ3) is 3.96. The van der Waals surface area contributed by atoms with Crippen LogP contribution in [0.25, 0.3) is 0 Å². The Morgan fingerprint density at radius 2 is 2.06 bits per heavy atom. The van der Waals surface area contributed by atoms with Crippen molar-refractivity contribution in [3.63, 3.8) is 0 Å². The third-order valence-corrected chi connectivity index (χ3v) is 4.96. The molecular weight excluding hydrogens is 220 g/mol. The van der Waals surface area contributed by atoms with E-state index in [-0.39, 0.29) is 0 Å². The van der Waals surface area contributed by atoms with Gasteiger partial charge in [-0.1, -0.05) is 33.1 Å². The highest BCUT2D eigenvalue weighted by Crippen LogP contribution is 2.34. The van der Waals surface area contributed by atoms with Gasteiger partial charge in [0, 0.05) is 31.7 Å². The molecule has 1 saturated heterocycles. The van der Waals surface area contributed by atoms with Crippen LogP contribution >= 0.6 is 0 Å². The van der Waals surface area contributed by atoms with Crippen LogP contribution in [-0.2, 0) is 0 Å². The minimum Gasteiger partial charge on any atom is -0.311 e. The van der Waals surface area contributed by atoms with Gasteiger partial charge in [0.1, 0.15) is 0 Å². The molecule has 2 heteroatoms. The molecule has 1 aliphatic heterocycles. The van der Waals surface area contributed by atoms with Gasteiger partial charge < -0.3 is 5.32 Å². The van der Waals surface area contributed by atoms with Crippen molar-refractivity contribution in [1.82, 2.24) is 10.2 Å². The van der Waals surface area contributed by atoms with Gasteiger partial charge in [-0.05, 0) is 38.0 Å². The molecule has 1 N–H and O–H groups in total. The molecule has 0 aromatic rings. The molecule has 2 fully saturated rings. The quantitative estimate of drug-likeness (QED) is 0.748. The van der Waals surface area contributed by atoms with Crippen molar-refractivity contribution in [2.24, 2.45) is 11.8 Å². The van der Waals surface area contributed by atoms with E-state index in [4.69, 9.17) is 0 Å². The van der Waals surface area contributed by atoms with Crippen LogP contribution in [-0.4, -0.2) is 36.6 Å². The second-order valence-corrected chi connectivity index (χ2v) is 6.57. The molecule has 2 rings (SSSR count). The molecule has 1 heterocycles. The lowest BCUT2D eigenvalue weighted by molar-refractivity contribution is 0.109. The summed E-state index contributed by atoms with van der Waals surface area (Å²) in [4.78, 5) is 2.77. The van der Waals surface area contributed by atoms with Crippen molar-refractivity contribution in [2.75, 3.05) is 19.6 Å². The van der Waals surface area contributed by atoms with E-state index in [0.717, 1.165) is 23.9 Å². The van der Waals surface area contributed by atoms with Crippen LogP contribution in [0.15, 0.2) is 0 Å². The van der Waals surface area contributed by atoms with Gasteiger partial charge in [-0.2, -0.15) is 0 Å². The van der Waals surface area contributed by atoms with E-state index < -0.39 is 0 Å². The fourth-order valence-electron chi connectivity index (χ4n) is 3.27. The van der Waals surface area contributed by atoms with E-state index in [0.29, 0.717) is 0 Å². The summed E-state index contributed by atoms with van der Waals surface area (Å²) in [5, 5.41) is 3.75. The van der Waals surface area contributed by atoms with Gasteiger partial charge in [0.15, 0.2) is 0 Å². The monoisotopic (exact) mass is 252 g/mol. The van der Waals surface area contributed by atoms with Crippen LogP contribution in [0.1, 0.15) is 59.3 Å². The lowest BCUT2D eigenvalue weighted by atomic mass is 9.96. The van der Waals surface area contributed by atoms with Crippen molar-refractivity contribution in [3.05, 3.63) is 0 Å². The molecule has 106 valence electrons. The number of nitrogens with zero attached hydrogens (tertiary/aromatic N) is 1. The molecule has 3 atom stereocenters.